The quantitative estimate of drug-likeness (QED) is 0.816. The third-order valence-electron chi connectivity index (χ3n) is 2.90. The van der Waals surface area contributed by atoms with Gasteiger partial charge >= 0.3 is 0 Å². The highest BCUT2D eigenvalue weighted by atomic mass is 32.2. The van der Waals surface area contributed by atoms with E-state index in [-0.39, 0.29) is 11.7 Å². The van der Waals surface area contributed by atoms with Crippen molar-refractivity contribution in [1.29, 1.82) is 5.26 Å². The van der Waals surface area contributed by atoms with Crippen molar-refractivity contribution >= 4 is 9.84 Å². The lowest BCUT2D eigenvalue weighted by atomic mass is 10.2. The van der Waals surface area contributed by atoms with Gasteiger partial charge in [0.25, 0.3) is 0 Å². The Morgan fingerprint density at radius 2 is 1.83 bits per heavy atom. The maximum Gasteiger partial charge on any atom is 0.231 e. The van der Waals surface area contributed by atoms with Gasteiger partial charge in [0.15, 0.2) is 26.1 Å². The molecule has 0 N–H and O–H groups in total. The lowest BCUT2D eigenvalue weighted by Gasteiger charge is -2.18. The Bertz CT molecular complexity index is 641. The summed E-state index contributed by atoms with van der Waals surface area (Å²) in [5.41, 5.74) is 0.544. The van der Waals surface area contributed by atoms with Gasteiger partial charge in [-0.1, -0.05) is 0 Å². The summed E-state index contributed by atoms with van der Waals surface area (Å²) in [4.78, 5) is 0.110. The normalized spacial score (nSPS) is 14.3. The Balaban J connectivity index is 2.64. The number of benzene rings is 1. The molecule has 0 radical (unpaired) electrons. The summed E-state index contributed by atoms with van der Waals surface area (Å²) >= 11 is 0. The van der Waals surface area contributed by atoms with Gasteiger partial charge in [-0.25, -0.2) is 8.42 Å². The molecule has 0 amide bonds. The van der Waals surface area contributed by atoms with E-state index in [2.05, 4.69) is 0 Å². The van der Waals surface area contributed by atoms with Crippen LogP contribution in [0.3, 0.4) is 0 Å². The van der Waals surface area contributed by atoms with Gasteiger partial charge in [-0.05, 0) is 32.4 Å². The minimum absolute atomic E-state index is 0.0833. The van der Waals surface area contributed by atoms with Crippen molar-refractivity contribution in [2.45, 2.75) is 30.4 Å². The third kappa shape index (κ3) is 1.71. The zero-order valence-corrected chi connectivity index (χ0v) is 11.2. The number of nitrogens with zero attached hydrogens (tertiary/aromatic N) is 1. The van der Waals surface area contributed by atoms with E-state index in [1.54, 1.807) is 13.0 Å². The molecule has 0 saturated heterocycles. The average Bonchev–Trinajstić information content (AvgIpc) is 2.74. The van der Waals surface area contributed by atoms with Gasteiger partial charge in [-0.2, -0.15) is 5.26 Å². The minimum atomic E-state index is -3.74. The van der Waals surface area contributed by atoms with Crippen LogP contribution in [0.4, 0.5) is 0 Å². The molecule has 1 aliphatic rings. The molecule has 1 heterocycles. The van der Waals surface area contributed by atoms with Gasteiger partial charge in [0.1, 0.15) is 0 Å². The number of hydrogen-bond donors (Lipinski definition) is 0. The number of nitriles is 1. The highest BCUT2D eigenvalue weighted by Crippen LogP contribution is 2.38. The van der Waals surface area contributed by atoms with Crippen molar-refractivity contribution in [3.63, 3.8) is 0 Å². The summed E-state index contributed by atoms with van der Waals surface area (Å²) in [6, 6.07) is 4.85. The van der Waals surface area contributed by atoms with Crippen LogP contribution in [0, 0.1) is 18.3 Å². The molecule has 96 valence electrons. The third-order valence-corrected chi connectivity index (χ3v) is 5.35. The van der Waals surface area contributed by atoms with Gasteiger partial charge in [0, 0.05) is 6.07 Å². The minimum Gasteiger partial charge on any atom is -0.454 e. The molecule has 1 aromatic rings. The molecule has 1 aromatic carbocycles. The lowest BCUT2D eigenvalue weighted by Crippen LogP contribution is -2.30. The summed E-state index contributed by atoms with van der Waals surface area (Å²) in [6.07, 6.45) is 0. The predicted octanol–water partition coefficient (Wildman–Crippen LogP) is 1.80. The maximum atomic E-state index is 12.4. The van der Waals surface area contributed by atoms with E-state index in [0.717, 1.165) is 0 Å². The van der Waals surface area contributed by atoms with Gasteiger partial charge in [-0.3, -0.25) is 0 Å². The Hall–Kier alpha value is -1.74. The van der Waals surface area contributed by atoms with E-state index in [1.807, 2.05) is 6.07 Å². The molecule has 0 saturated carbocycles. The largest absolute Gasteiger partial charge is 0.454 e. The maximum absolute atomic E-state index is 12.4. The fourth-order valence-corrected chi connectivity index (χ4v) is 3.06. The Kier molecular flexibility index (Phi) is 2.74. The van der Waals surface area contributed by atoms with E-state index in [0.29, 0.717) is 17.1 Å². The molecule has 2 rings (SSSR count). The summed E-state index contributed by atoms with van der Waals surface area (Å²) < 4.78 is 33.6. The van der Waals surface area contributed by atoms with Crippen LogP contribution in [-0.4, -0.2) is 20.0 Å². The summed E-state index contributed by atoms with van der Waals surface area (Å²) in [6.45, 7) is 4.51. The first-order valence-corrected chi connectivity index (χ1v) is 6.84. The van der Waals surface area contributed by atoms with E-state index in [9.17, 15) is 8.42 Å². The highest BCUT2D eigenvalue weighted by molar-refractivity contribution is 7.93. The number of rotatable bonds is 2. The van der Waals surface area contributed by atoms with Crippen LogP contribution in [0.15, 0.2) is 17.0 Å². The first kappa shape index (κ1) is 12.7. The molecule has 18 heavy (non-hydrogen) atoms. The van der Waals surface area contributed by atoms with Crippen molar-refractivity contribution in [3.05, 3.63) is 17.7 Å². The second kappa shape index (κ2) is 3.89. The van der Waals surface area contributed by atoms with Gasteiger partial charge in [0.2, 0.25) is 6.79 Å². The van der Waals surface area contributed by atoms with Crippen LogP contribution in [0.5, 0.6) is 11.5 Å². The zero-order valence-electron chi connectivity index (χ0n) is 10.4. The van der Waals surface area contributed by atoms with E-state index in [1.165, 1.54) is 19.9 Å². The Morgan fingerprint density at radius 3 is 2.39 bits per heavy atom. The van der Waals surface area contributed by atoms with Gasteiger partial charge in [-0.15, -0.1) is 0 Å². The van der Waals surface area contributed by atoms with E-state index < -0.39 is 14.6 Å². The van der Waals surface area contributed by atoms with Crippen molar-refractivity contribution in [1.82, 2.24) is 0 Å². The van der Waals surface area contributed by atoms with Crippen LogP contribution in [0.1, 0.15) is 19.4 Å². The monoisotopic (exact) mass is 267 g/mol. The number of aryl methyl sites for hydroxylation is 1. The summed E-state index contributed by atoms with van der Waals surface area (Å²) in [7, 11) is -3.74. The number of sulfone groups is 1. The molecule has 6 heteroatoms. The molecule has 1 aliphatic heterocycles. The second-order valence-electron chi connectivity index (χ2n) is 4.60. The molecule has 0 spiro atoms. The van der Waals surface area contributed by atoms with Crippen LogP contribution in [0.25, 0.3) is 0 Å². The average molecular weight is 267 g/mol. The molecular weight excluding hydrogens is 254 g/mol. The summed E-state index contributed by atoms with van der Waals surface area (Å²) in [5, 5.41) is 8.99. The van der Waals surface area contributed by atoms with Crippen LogP contribution in [0.2, 0.25) is 0 Å². The van der Waals surface area contributed by atoms with Crippen molar-refractivity contribution < 1.29 is 17.9 Å². The molecule has 0 aliphatic carbocycles. The number of hydrogen-bond acceptors (Lipinski definition) is 5. The molecule has 0 fully saturated rings. The van der Waals surface area contributed by atoms with E-state index >= 15 is 0 Å². The van der Waals surface area contributed by atoms with Crippen molar-refractivity contribution in [2.75, 3.05) is 6.79 Å². The zero-order chi connectivity index (χ0) is 13.6. The summed E-state index contributed by atoms with van der Waals surface area (Å²) in [5.74, 6) is 0.925. The first-order valence-electron chi connectivity index (χ1n) is 5.36. The predicted molar refractivity (Wildman–Crippen MR) is 64.2 cm³/mol. The van der Waals surface area contributed by atoms with Crippen LogP contribution < -0.4 is 9.47 Å². The lowest BCUT2D eigenvalue weighted by molar-refractivity contribution is 0.174. The Morgan fingerprint density at radius 1 is 1.28 bits per heavy atom. The Labute approximate surface area is 106 Å². The van der Waals surface area contributed by atoms with E-state index in [4.69, 9.17) is 14.7 Å². The molecule has 5 nitrogen and oxygen atoms in total. The van der Waals surface area contributed by atoms with Crippen LogP contribution >= 0.6 is 0 Å². The number of fused-ring (bicyclic) bond motifs is 1. The second-order valence-corrected chi connectivity index (χ2v) is 7.06. The van der Waals surface area contributed by atoms with Crippen molar-refractivity contribution in [2.24, 2.45) is 0 Å². The SMILES string of the molecule is Cc1cc2c(cc1S(=O)(=O)C(C)(C)C#N)OCO2. The smallest absolute Gasteiger partial charge is 0.231 e. The topological polar surface area (TPSA) is 76.4 Å². The fourth-order valence-electron chi connectivity index (χ4n) is 1.65. The van der Waals surface area contributed by atoms with Crippen LogP contribution in [-0.2, 0) is 9.84 Å². The molecule has 0 bridgehead atoms. The van der Waals surface area contributed by atoms with Gasteiger partial charge < -0.3 is 9.47 Å². The standard InChI is InChI=1S/C12H13NO4S/c1-8-4-9-10(17-7-16-9)5-11(8)18(14,15)12(2,3)6-13/h4-5H,7H2,1-3H3. The molecule has 0 atom stereocenters. The molecule has 0 unspecified atom stereocenters. The van der Waals surface area contributed by atoms with Gasteiger partial charge in [0.05, 0.1) is 11.0 Å². The highest BCUT2D eigenvalue weighted by Gasteiger charge is 2.38. The molecule has 0 aromatic heterocycles. The number of ether oxygens (including phenoxy) is 2. The first-order chi connectivity index (χ1) is 8.29. The fraction of sp³-hybridized carbons (Fsp3) is 0.417. The van der Waals surface area contributed by atoms with Crippen molar-refractivity contribution in [3.8, 4) is 17.6 Å². The molecular formula is C12H13NO4S.